The van der Waals surface area contributed by atoms with Crippen LogP contribution in [-0.2, 0) is 18.6 Å². The van der Waals surface area contributed by atoms with Gasteiger partial charge in [0.25, 0.3) is 0 Å². The Morgan fingerprint density at radius 1 is 1.04 bits per heavy atom. The third kappa shape index (κ3) is 6.31. The highest BCUT2D eigenvalue weighted by molar-refractivity contribution is 6.74. The molecule has 2 fully saturated rings. The predicted octanol–water partition coefficient (Wildman–Crippen LogP) is 4.27. The second-order valence-corrected chi connectivity index (χ2v) is 12.9. The van der Waals surface area contributed by atoms with E-state index in [2.05, 4.69) is 46.0 Å². The summed E-state index contributed by atoms with van der Waals surface area (Å²) in [5.74, 6) is 0. The van der Waals surface area contributed by atoms with Gasteiger partial charge in [0, 0.05) is 13.0 Å². The summed E-state index contributed by atoms with van der Waals surface area (Å²) in [6.45, 7) is 13.8. The van der Waals surface area contributed by atoms with Crippen LogP contribution in [0.15, 0.2) is 12.2 Å². The molecule has 0 spiro atoms. The Balaban J connectivity index is 1.50. The molecule has 0 aliphatic carbocycles. The van der Waals surface area contributed by atoms with Gasteiger partial charge in [-0.05, 0) is 37.4 Å². The van der Waals surface area contributed by atoms with E-state index in [4.69, 9.17) is 18.6 Å². The number of allylic oxidation sites excluding steroid dienone is 1. The van der Waals surface area contributed by atoms with Crippen LogP contribution in [0.3, 0.4) is 0 Å². The lowest BCUT2D eigenvalue weighted by Crippen LogP contribution is -2.41. The fourth-order valence-corrected chi connectivity index (χ4v) is 3.50. The third-order valence-electron chi connectivity index (χ3n) is 5.15. The minimum absolute atomic E-state index is 0.0112. The minimum atomic E-state index is -1.61. The largest absolute Gasteiger partial charge is 0.417 e. The maximum atomic E-state index is 6.21. The van der Waals surface area contributed by atoms with Gasteiger partial charge in [-0.1, -0.05) is 32.9 Å². The zero-order valence-corrected chi connectivity index (χ0v) is 16.5. The van der Waals surface area contributed by atoms with Crippen molar-refractivity contribution in [2.75, 3.05) is 19.8 Å². The van der Waals surface area contributed by atoms with Crippen LogP contribution in [0, 0.1) is 0 Å². The third-order valence-corrected chi connectivity index (χ3v) is 9.69. The monoisotopic (exact) mass is 342 g/mol. The van der Waals surface area contributed by atoms with Crippen LogP contribution in [0.4, 0.5) is 0 Å². The van der Waals surface area contributed by atoms with Crippen LogP contribution in [0.5, 0.6) is 0 Å². The Kier molecular flexibility index (Phi) is 6.86. The van der Waals surface area contributed by atoms with E-state index in [1.807, 2.05) is 0 Å². The summed E-state index contributed by atoms with van der Waals surface area (Å²) in [6, 6.07) is 0. The molecule has 0 amide bonds. The van der Waals surface area contributed by atoms with E-state index in [-0.39, 0.29) is 11.3 Å². The minimum Gasteiger partial charge on any atom is -0.417 e. The molecule has 0 aromatic carbocycles. The van der Waals surface area contributed by atoms with Crippen molar-refractivity contribution in [3.05, 3.63) is 12.2 Å². The molecule has 134 valence electrons. The first-order valence-electron chi connectivity index (χ1n) is 8.97. The summed E-state index contributed by atoms with van der Waals surface area (Å²) >= 11 is 0. The summed E-state index contributed by atoms with van der Waals surface area (Å²) in [5, 5.41) is 0.284. The molecule has 0 radical (unpaired) electrons. The smallest absolute Gasteiger partial charge is 0.191 e. The van der Waals surface area contributed by atoms with Gasteiger partial charge < -0.3 is 18.6 Å². The van der Waals surface area contributed by atoms with E-state index >= 15 is 0 Å². The topological polar surface area (TPSA) is 40.2 Å². The fraction of sp³-hybridized carbons (Fsp3) is 0.889. The molecular formula is C18H34O4Si. The highest BCUT2D eigenvalue weighted by Gasteiger charge is 2.40. The van der Waals surface area contributed by atoms with E-state index in [9.17, 15) is 0 Å². The van der Waals surface area contributed by atoms with Gasteiger partial charge in [0.2, 0.25) is 0 Å². The van der Waals surface area contributed by atoms with Crippen molar-refractivity contribution >= 4 is 8.32 Å². The van der Waals surface area contributed by atoms with Gasteiger partial charge in [0.1, 0.15) is 0 Å². The quantitative estimate of drug-likeness (QED) is 0.356. The first kappa shape index (κ1) is 19.1. The number of epoxide rings is 1. The normalized spacial score (nSPS) is 26.3. The highest BCUT2D eigenvalue weighted by atomic mass is 28.4. The lowest BCUT2D eigenvalue weighted by atomic mass is 10.2. The Morgan fingerprint density at radius 2 is 1.74 bits per heavy atom. The van der Waals surface area contributed by atoms with Crippen molar-refractivity contribution < 1.29 is 18.6 Å². The molecule has 0 bridgehead atoms. The summed E-state index contributed by atoms with van der Waals surface area (Å²) < 4.78 is 22.8. The molecule has 5 heteroatoms. The van der Waals surface area contributed by atoms with Crippen molar-refractivity contribution in [1.82, 2.24) is 0 Å². The average Bonchev–Trinajstić information content (AvgIpc) is 2.97. The molecule has 2 atom stereocenters. The second kappa shape index (κ2) is 8.25. The van der Waals surface area contributed by atoms with Crippen LogP contribution < -0.4 is 0 Å². The van der Waals surface area contributed by atoms with Crippen LogP contribution in [0.2, 0.25) is 18.1 Å². The van der Waals surface area contributed by atoms with Gasteiger partial charge in [-0.25, -0.2) is 0 Å². The average molecular weight is 343 g/mol. The van der Waals surface area contributed by atoms with Crippen molar-refractivity contribution in [2.45, 2.75) is 83.1 Å². The Labute approximate surface area is 142 Å². The van der Waals surface area contributed by atoms with Gasteiger partial charge in [-0.3, -0.25) is 0 Å². The Hall–Kier alpha value is -0.203. The predicted molar refractivity (Wildman–Crippen MR) is 95.1 cm³/mol. The summed E-state index contributed by atoms with van der Waals surface area (Å²) in [5.41, 5.74) is 0. The van der Waals surface area contributed by atoms with Crippen molar-refractivity contribution in [1.29, 1.82) is 0 Å². The molecule has 0 aromatic rings. The van der Waals surface area contributed by atoms with E-state index in [1.54, 1.807) is 0 Å². The summed E-state index contributed by atoms with van der Waals surface area (Å²) in [7, 11) is -1.61. The van der Waals surface area contributed by atoms with Gasteiger partial charge in [-0.2, -0.15) is 0 Å². The van der Waals surface area contributed by atoms with Crippen LogP contribution in [-0.4, -0.2) is 46.6 Å². The lowest BCUT2D eigenvalue weighted by molar-refractivity contribution is -0.0457. The number of hydrogen-bond acceptors (Lipinski definition) is 4. The lowest BCUT2D eigenvalue weighted by Gasteiger charge is -2.36. The van der Waals surface area contributed by atoms with Gasteiger partial charge in [0.15, 0.2) is 14.6 Å². The molecule has 4 nitrogen and oxygen atoms in total. The Morgan fingerprint density at radius 3 is 2.39 bits per heavy atom. The molecule has 23 heavy (non-hydrogen) atoms. The maximum Gasteiger partial charge on any atom is 0.191 e. The van der Waals surface area contributed by atoms with Gasteiger partial charge in [-0.15, -0.1) is 0 Å². The second-order valence-electron chi connectivity index (χ2n) is 8.07. The SMILES string of the molecule is CC(C)(C)[Si](C)(C)OCC[C@@H]1O[C@@H]1C/C=C\CCC1OCCO1. The fourth-order valence-electron chi connectivity index (χ4n) is 2.44. The van der Waals surface area contributed by atoms with Crippen LogP contribution in [0.1, 0.15) is 46.5 Å². The molecule has 2 aliphatic heterocycles. The van der Waals surface area contributed by atoms with Gasteiger partial charge >= 0.3 is 0 Å². The number of rotatable bonds is 9. The maximum absolute atomic E-state index is 6.21. The van der Waals surface area contributed by atoms with E-state index in [0.29, 0.717) is 12.2 Å². The molecule has 0 unspecified atom stereocenters. The molecule has 2 rings (SSSR count). The zero-order chi connectivity index (χ0) is 16.9. The van der Waals surface area contributed by atoms with Crippen LogP contribution >= 0.6 is 0 Å². The zero-order valence-electron chi connectivity index (χ0n) is 15.5. The summed E-state index contributed by atoms with van der Waals surface area (Å²) in [6.07, 6.45) is 9.24. The van der Waals surface area contributed by atoms with Crippen molar-refractivity contribution in [2.24, 2.45) is 0 Å². The molecule has 2 aliphatic rings. The van der Waals surface area contributed by atoms with E-state index < -0.39 is 8.32 Å². The molecular weight excluding hydrogens is 308 g/mol. The van der Waals surface area contributed by atoms with E-state index in [1.165, 1.54) is 0 Å². The van der Waals surface area contributed by atoms with Crippen LogP contribution in [0.25, 0.3) is 0 Å². The molecule has 0 aromatic heterocycles. The van der Waals surface area contributed by atoms with Crippen molar-refractivity contribution in [3.63, 3.8) is 0 Å². The van der Waals surface area contributed by atoms with Gasteiger partial charge in [0.05, 0.1) is 25.4 Å². The Bertz CT molecular complexity index is 383. The van der Waals surface area contributed by atoms with Crippen molar-refractivity contribution in [3.8, 4) is 0 Å². The molecule has 0 N–H and O–H groups in total. The first-order chi connectivity index (χ1) is 10.8. The van der Waals surface area contributed by atoms with E-state index in [0.717, 1.165) is 45.5 Å². The number of ether oxygens (including phenoxy) is 3. The first-order valence-corrected chi connectivity index (χ1v) is 11.9. The number of hydrogen-bond donors (Lipinski definition) is 0. The highest BCUT2D eigenvalue weighted by Crippen LogP contribution is 2.37. The molecule has 0 saturated carbocycles. The standard InChI is InChI=1S/C18H34O4Si/c1-18(2,3)23(4,5)21-12-11-16-15(22-16)9-7-6-8-10-17-19-13-14-20-17/h6-7,15-17H,8-14H2,1-5H3/b7-6-/t15-,16+/m1/s1. The summed E-state index contributed by atoms with van der Waals surface area (Å²) in [4.78, 5) is 0. The molecule has 2 heterocycles. The molecule has 2 saturated heterocycles.